The van der Waals surface area contributed by atoms with E-state index in [1.54, 1.807) is 23.7 Å². The normalized spacial score (nSPS) is 11.7. The Labute approximate surface area is 147 Å². The highest BCUT2D eigenvalue weighted by Crippen LogP contribution is 2.28. The molecule has 138 valence electrons. The average Bonchev–Trinajstić information content (AvgIpc) is 2.92. The third kappa shape index (κ3) is 3.87. The number of para-hydroxylation sites is 1. The van der Waals surface area contributed by atoms with Crippen LogP contribution in [0.15, 0.2) is 36.5 Å². The SMILES string of the molecule is Cn1c(NCCCNc2ccc(C(F)(F)F)cn2)nc2c(F)cccc21. The maximum atomic E-state index is 13.7. The van der Waals surface area contributed by atoms with Gasteiger partial charge >= 0.3 is 6.18 Å². The lowest BCUT2D eigenvalue weighted by Gasteiger charge is -2.09. The molecule has 2 N–H and O–H groups in total. The van der Waals surface area contributed by atoms with E-state index in [0.29, 0.717) is 42.3 Å². The smallest absolute Gasteiger partial charge is 0.370 e. The van der Waals surface area contributed by atoms with Crippen LogP contribution in [0, 0.1) is 5.82 Å². The van der Waals surface area contributed by atoms with E-state index in [0.717, 1.165) is 12.3 Å². The monoisotopic (exact) mass is 367 g/mol. The molecule has 0 saturated heterocycles. The van der Waals surface area contributed by atoms with Crippen LogP contribution in [0.3, 0.4) is 0 Å². The maximum absolute atomic E-state index is 13.7. The van der Waals surface area contributed by atoms with Crippen LogP contribution in [0.5, 0.6) is 0 Å². The van der Waals surface area contributed by atoms with E-state index in [1.165, 1.54) is 12.1 Å². The molecule has 0 fully saturated rings. The van der Waals surface area contributed by atoms with Gasteiger partial charge in [0.05, 0.1) is 11.1 Å². The van der Waals surface area contributed by atoms with Crippen molar-refractivity contribution in [2.24, 2.45) is 7.05 Å². The largest absolute Gasteiger partial charge is 0.417 e. The van der Waals surface area contributed by atoms with E-state index in [4.69, 9.17) is 0 Å². The number of imidazole rings is 1. The fraction of sp³-hybridized carbons (Fsp3) is 0.294. The molecule has 3 rings (SSSR count). The number of nitrogens with zero attached hydrogens (tertiary/aromatic N) is 3. The number of rotatable bonds is 6. The number of pyridine rings is 1. The molecule has 2 heterocycles. The van der Waals surface area contributed by atoms with Crippen molar-refractivity contribution < 1.29 is 17.6 Å². The van der Waals surface area contributed by atoms with Crippen molar-refractivity contribution in [2.45, 2.75) is 12.6 Å². The summed E-state index contributed by atoms with van der Waals surface area (Å²) in [6.45, 7) is 1.08. The molecular weight excluding hydrogens is 350 g/mol. The Balaban J connectivity index is 1.49. The highest BCUT2D eigenvalue weighted by atomic mass is 19.4. The lowest BCUT2D eigenvalue weighted by Crippen LogP contribution is -2.12. The van der Waals surface area contributed by atoms with Crippen LogP contribution in [0.25, 0.3) is 11.0 Å². The molecule has 26 heavy (non-hydrogen) atoms. The fourth-order valence-corrected chi connectivity index (χ4v) is 2.51. The van der Waals surface area contributed by atoms with Crippen molar-refractivity contribution >= 4 is 22.8 Å². The minimum Gasteiger partial charge on any atom is -0.370 e. The zero-order valence-corrected chi connectivity index (χ0v) is 13.9. The zero-order chi connectivity index (χ0) is 18.7. The first-order valence-corrected chi connectivity index (χ1v) is 7.98. The number of hydrogen-bond donors (Lipinski definition) is 2. The maximum Gasteiger partial charge on any atom is 0.417 e. The van der Waals surface area contributed by atoms with Gasteiger partial charge in [-0.3, -0.25) is 0 Å². The second kappa shape index (κ2) is 7.19. The molecule has 0 spiro atoms. The predicted molar refractivity (Wildman–Crippen MR) is 91.5 cm³/mol. The number of aryl methyl sites for hydroxylation is 1. The molecule has 0 aliphatic carbocycles. The summed E-state index contributed by atoms with van der Waals surface area (Å²) < 4.78 is 52.9. The van der Waals surface area contributed by atoms with Gasteiger partial charge < -0.3 is 15.2 Å². The minimum atomic E-state index is -4.39. The lowest BCUT2D eigenvalue weighted by molar-refractivity contribution is -0.137. The standard InChI is InChI=1S/C17H17F4N5/c1-26-13-5-2-4-12(18)15(13)25-16(26)23-9-3-8-22-14-7-6-11(10-24-14)17(19,20)21/h2,4-7,10H,3,8-9H2,1H3,(H,22,24)(H,23,25). The van der Waals surface area contributed by atoms with Crippen LogP contribution in [0.2, 0.25) is 0 Å². The van der Waals surface area contributed by atoms with E-state index in [1.807, 2.05) is 0 Å². The molecule has 0 bridgehead atoms. The molecule has 0 atom stereocenters. The highest BCUT2D eigenvalue weighted by Gasteiger charge is 2.30. The van der Waals surface area contributed by atoms with Crippen molar-refractivity contribution in [2.75, 3.05) is 23.7 Å². The summed E-state index contributed by atoms with van der Waals surface area (Å²) in [5.41, 5.74) is 0.225. The molecule has 0 unspecified atom stereocenters. The number of benzene rings is 1. The van der Waals surface area contributed by atoms with E-state index >= 15 is 0 Å². The Morgan fingerprint density at radius 2 is 1.85 bits per heavy atom. The number of anilines is 2. The third-order valence-corrected chi connectivity index (χ3v) is 3.90. The predicted octanol–water partition coefficient (Wildman–Crippen LogP) is 4.04. The molecule has 1 aromatic carbocycles. The van der Waals surface area contributed by atoms with E-state index in [9.17, 15) is 17.6 Å². The van der Waals surface area contributed by atoms with Crippen molar-refractivity contribution in [3.05, 3.63) is 47.9 Å². The molecule has 0 amide bonds. The van der Waals surface area contributed by atoms with Gasteiger partial charge in [0.2, 0.25) is 5.95 Å². The Morgan fingerprint density at radius 3 is 2.50 bits per heavy atom. The fourth-order valence-electron chi connectivity index (χ4n) is 2.51. The first-order valence-electron chi connectivity index (χ1n) is 7.98. The van der Waals surface area contributed by atoms with Crippen LogP contribution in [-0.4, -0.2) is 27.6 Å². The number of fused-ring (bicyclic) bond motifs is 1. The molecule has 5 nitrogen and oxygen atoms in total. The van der Waals surface area contributed by atoms with Gasteiger partial charge in [-0.25, -0.2) is 14.4 Å². The van der Waals surface area contributed by atoms with Crippen LogP contribution >= 0.6 is 0 Å². The Bertz CT molecular complexity index is 887. The zero-order valence-electron chi connectivity index (χ0n) is 13.9. The van der Waals surface area contributed by atoms with Gasteiger partial charge in [-0.05, 0) is 30.7 Å². The quantitative estimate of drug-likeness (QED) is 0.510. The number of hydrogen-bond acceptors (Lipinski definition) is 4. The molecule has 3 aromatic rings. The summed E-state index contributed by atoms with van der Waals surface area (Å²) >= 11 is 0. The van der Waals surface area contributed by atoms with Gasteiger partial charge in [0.1, 0.15) is 11.3 Å². The first-order chi connectivity index (χ1) is 12.4. The molecule has 9 heteroatoms. The van der Waals surface area contributed by atoms with Gasteiger partial charge in [-0.1, -0.05) is 6.07 Å². The third-order valence-electron chi connectivity index (χ3n) is 3.90. The highest BCUT2D eigenvalue weighted by molar-refractivity contribution is 5.79. The van der Waals surface area contributed by atoms with Crippen LogP contribution < -0.4 is 10.6 Å². The number of nitrogens with one attached hydrogen (secondary N) is 2. The second-order valence-corrected chi connectivity index (χ2v) is 5.74. The van der Waals surface area contributed by atoms with Crippen LogP contribution in [0.4, 0.5) is 29.3 Å². The molecule has 0 aliphatic rings. The van der Waals surface area contributed by atoms with Crippen LogP contribution in [0.1, 0.15) is 12.0 Å². The molecule has 0 radical (unpaired) electrons. The summed E-state index contributed by atoms with van der Waals surface area (Å²) in [5.74, 6) is 0.557. The Morgan fingerprint density at radius 1 is 1.08 bits per heavy atom. The van der Waals surface area contributed by atoms with Gasteiger partial charge in [0.25, 0.3) is 0 Å². The molecule has 0 saturated carbocycles. The summed E-state index contributed by atoms with van der Waals surface area (Å²) in [4.78, 5) is 7.98. The number of alkyl halides is 3. The Hall–Kier alpha value is -2.84. The van der Waals surface area contributed by atoms with Gasteiger partial charge in [0, 0.05) is 26.3 Å². The van der Waals surface area contributed by atoms with E-state index in [2.05, 4.69) is 20.6 Å². The number of halogens is 4. The van der Waals surface area contributed by atoms with Crippen LogP contribution in [-0.2, 0) is 13.2 Å². The summed E-state index contributed by atoms with van der Waals surface area (Å²) in [5, 5.41) is 6.08. The first kappa shape index (κ1) is 18.0. The van der Waals surface area contributed by atoms with Gasteiger partial charge in [-0.15, -0.1) is 0 Å². The minimum absolute atomic E-state index is 0.310. The van der Waals surface area contributed by atoms with E-state index in [-0.39, 0.29) is 5.82 Å². The topological polar surface area (TPSA) is 54.8 Å². The average molecular weight is 367 g/mol. The molecule has 0 aliphatic heterocycles. The molecule has 2 aromatic heterocycles. The lowest BCUT2D eigenvalue weighted by atomic mass is 10.3. The second-order valence-electron chi connectivity index (χ2n) is 5.74. The van der Waals surface area contributed by atoms with E-state index < -0.39 is 11.7 Å². The van der Waals surface area contributed by atoms with Crippen molar-refractivity contribution in [1.29, 1.82) is 0 Å². The summed E-state index contributed by atoms with van der Waals surface area (Å²) in [7, 11) is 1.79. The van der Waals surface area contributed by atoms with Crippen molar-refractivity contribution in [3.63, 3.8) is 0 Å². The number of aromatic nitrogens is 3. The van der Waals surface area contributed by atoms with Crippen molar-refractivity contribution in [3.8, 4) is 0 Å². The Kier molecular flexibility index (Phi) is 4.97. The van der Waals surface area contributed by atoms with Crippen molar-refractivity contribution in [1.82, 2.24) is 14.5 Å². The van der Waals surface area contributed by atoms with Gasteiger partial charge in [-0.2, -0.15) is 13.2 Å². The summed E-state index contributed by atoms with van der Waals surface area (Å²) in [6, 6.07) is 7.06. The van der Waals surface area contributed by atoms with Gasteiger partial charge in [0.15, 0.2) is 5.82 Å². The molecular formula is C17H17F4N5. The summed E-state index contributed by atoms with van der Waals surface area (Å²) in [6.07, 6.45) is -2.91.